The lowest BCUT2D eigenvalue weighted by molar-refractivity contribution is -0.123. The number of carbonyl (C=O) groups is 1. The van der Waals surface area contributed by atoms with Crippen LogP contribution in [0.15, 0.2) is 42.5 Å². The van der Waals surface area contributed by atoms with Gasteiger partial charge in [0.1, 0.15) is 5.75 Å². The van der Waals surface area contributed by atoms with Crippen LogP contribution >= 0.6 is 23.2 Å². The van der Waals surface area contributed by atoms with Crippen molar-refractivity contribution in [3.8, 4) is 5.75 Å². The van der Waals surface area contributed by atoms with Crippen molar-refractivity contribution in [2.75, 3.05) is 6.61 Å². The molecule has 0 bridgehead atoms. The van der Waals surface area contributed by atoms with E-state index in [0.717, 1.165) is 5.56 Å². The Morgan fingerprint density at radius 3 is 2.50 bits per heavy atom. The molecule has 1 N–H and O–H groups in total. The number of benzene rings is 2. The molecule has 0 aromatic heterocycles. The lowest BCUT2D eigenvalue weighted by atomic mass is 10.1. The molecule has 1 amide bonds. The highest BCUT2D eigenvalue weighted by Crippen LogP contribution is 2.27. The second-order valence-corrected chi connectivity index (χ2v) is 5.91. The quantitative estimate of drug-likeness (QED) is 0.868. The van der Waals surface area contributed by atoms with E-state index in [1.54, 1.807) is 18.2 Å². The third-order valence-electron chi connectivity index (χ3n) is 3.21. The monoisotopic (exact) mass is 337 g/mol. The third kappa shape index (κ3) is 4.65. The number of hydrogen-bond acceptors (Lipinski definition) is 2. The molecule has 0 saturated carbocycles. The zero-order valence-corrected chi connectivity index (χ0v) is 13.9. The largest absolute Gasteiger partial charge is 0.482 e. The molecule has 116 valence electrons. The first-order valence-electron chi connectivity index (χ1n) is 6.89. The maximum absolute atomic E-state index is 11.9. The van der Waals surface area contributed by atoms with Gasteiger partial charge in [0, 0.05) is 5.02 Å². The zero-order valence-electron chi connectivity index (χ0n) is 12.4. The van der Waals surface area contributed by atoms with Crippen LogP contribution in [0.1, 0.15) is 24.1 Å². The Kier molecular flexibility index (Phi) is 5.69. The molecule has 5 heteroatoms. The molecule has 2 aromatic carbocycles. The molecule has 0 aliphatic carbocycles. The average molecular weight is 338 g/mol. The number of carbonyl (C=O) groups excluding carboxylic acids is 1. The summed E-state index contributed by atoms with van der Waals surface area (Å²) in [5.74, 6) is 0.225. The standard InChI is InChI=1S/C17H17Cl2NO2/c1-11-3-5-13(6-4-11)12(2)20-17(21)10-22-16-8-7-14(18)9-15(16)19/h3-9,12H,10H2,1-2H3,(H,20,21)/t12-/m1/s1. The topological polar surface area (TPSA) is 38.3 Å². The van der Waals surface area contributed by atoms with Crippen molar-refractivity contribution in [3.63, 3.8) is 0 Å². The van der Waals surface area contributed by atoms with Crippen LogP contribution in [-0.2, 0) is 4.79 Å². The van der Waals surface area contributed by atoms with Gasteiger partial charge in [0.05, 0.1) is 11.1 Å². The van der Waals surface area contributed by atoms with Gasteiger partial charge in [0.2, 0.25) is 0 Å². The second kappa shape index (κ2) is 7.52. The molecule has 22 heavy (non-hydrogen) atoms. The minimum atomic E-state index is -0.209. The van der Waals surface area contributed by atoms with Crippen molar-refractivity contribution in [2.45, 2.75) is 19.9 Å². The molecule has 0 radical (unpaired) electrons. The molecule has 2 aromatic rings. The minimum Gasteiger partial charge on any atom is -0.482 e. The Labute approximate surface area is 140 Å². The van der Waals surface area contributed by atoms with Crippen LogP contribution in [0, 0.1) is 6.92 Å². The van der Waals surface area contributed by atoms with Gasteiger partial charge in [0.15, 0.2) is 6.61 Å². The minimum absolute atomic E-state index is 0.0858. The van der Waals surface area contributed by atoms with Gasteiger partial charge in [-0.2, -0.15) is 0 Å². The van der Waals surface area contributed by atoms with Crippen molar-refractivity contribution in [1.82, 2.24) is 5.32 Å². The number of rotatable bonds is 5. The average Bonchev–Trinajstić information content (AvgIpc) is 2.47. The first-order valence-corrected chi connectivity index (χ1v) is 7.65. The predicted molar refractivity (Wildman–Crippen MR) is 89.7 cm³/mol. The molecule has 1 atom stereocenters. The normalized spacial score (nSPS) is 11.8. The highest BCUT2D eigenvalue weighted by Gasteiger charge is 2.11. The number of amides is 1. The van der Waals surface area contributed by atoms with E-state index in [0.29, 0.717) is 15.8 Å². The number of ether oxygens (including phenoxy) is 1. The summed E-state index contributed by atoms with van der Waals surface area (Å²) < 4.78 is 5.41. The van der Waals surface area contributed by atoms with Gasteiger partial charge in [-0.3, -0.25) is 4.79 Å². The first-order chi connectivity index (χ1) is 10.5. The maximum Gasteiger partial charge on any atom is 0.258 e. The fourth-order valence-electron chi connectivity index (χ4n) is 1.96. The van der Waals surface area contributed by atoms with Crippen LogP contribution in [-0.4, -0.2) is 12.5 Å². The molecule has 0 saturated heterocycles. The Hall–Kier alpha value is -1.71. The Morgan fingerprint density at radius 1 is 1.18 bits per heavy atom. The van der Waals surface area contributed by atoms with E-state index in [4.69, 9.17) is 27.9 Å². The van der Waals surface area contributed by atoms with E-state index in [2.05, 4.69) is 5.32 Å². The van der Waals surface area contributed by atoms with Crippen LogP contribution in [0.4, 0.5) is 0 Å². The number of hydrogen-bond donors (Lipinski definition) is 1. The first kappa shape index (κ1) is 16.7. The number of halogens is 2. The SMILES string of the molecule is Cc1ccc([C@@H](C)NC(=O)COc2ccc(Cl)cc2Cl)cc1. The zero-order chi connectivity index (χ0) is 16.1. The molecule has 0 aliphatic rings. The van der Waals surface area contributed by atoms with E-state index in [-0.39, 0.29) is 18.6 Å². The van der Waals surface area contributed by atoms with Crippen LogP contribution < -0.4 is 10.1 Å². The van der Waals surface area contributed by atoms with Gasteiger partial charge in [-0.15, -0.1) is 0 Å². The van der Waals surface area contributed by atoms with Gasteiger partial charge < -0.3 is 10.1 Å². The molecule has 0 aliphatic heterocycles. The van der Waals surface area contributed by atoms with Crippen molar-refractivity contribution in [3.05, 3.63) is 63.6 Å². The van der Waals surface area contributed by atoms with Gasteiger partial charge in [-0.1, -0.05) is 53.0 Å². The molecule has 0 fully saturated rings. The van der Waals surface area contributed by atoms with E-state index < -0.39 is 0 Å². The van der Waals surface area contributed by atoms with Gasteiger partial charge in [0.25, 0.3) is 5.91 Å². The Balaban J connectivity index is 1.88. The highest BCUT2D eigenvalue weighted by atomic mass is 35.5. The van der Waals surface area contributed by atoms with Crippen LogP contribution in [0.5, 0.6) is 5.75 Å². The Morgan fingerprint density at radius 2 is 1.86 bits per heavy atom. The number of nitrogens with one attached hydrogen (secondary N) is 1. The van der Waals surface area contributed by atoms with E-state index in [1.165, 1.54) is 5.56 Å². The van der Waals surface area contributed by atoms with Crippen molar-refractivity contribution < 1.29 is 9.53 Å². The van der Waals surface area contributed by atoms with Crippen LogP contribution in [0.25, 0.3) is 0 Å². The van der Waals surface area contributed by atoms with E-state index >= 15 is 0 Å². The molecule has 2 rings (SSSR count). The summed E-state index contributed by atoms with van der Waals surface area (Å²) in [5, 5.41) is 3.79. The third-order valence-corrected chi connectivity index (χ3v) is 3.74. The second-order valence-electron chi connectivity index (χ2n) is 5.06. The fourth-order valence-corrected chi connectivity index (χ4v) is 2.42. The summed E-state index contributed by atoms with van der Waals surface area (Å²) in [7, 11) is 0. The van der Waals surface area contributed by atoms with Crippen molar-refractivity contribution in [2.24, 2.45) is 0 Å². The van der Waals surface area contributed by atoms with Crippen LogP contribution in [0.2, 0.25) is 10.0 Å². The van der Waals surface area contributed by atoms with E-state index in [9.17, 15) is 4.79 Å². The lowest BCUT2D eigenvalue weighted by Gasteiger charge is -2.15. The Bertz CT molecular complexity index is 656. The van der Waals surface area contributed by atoms with Crippen molar-refractivity contribution >= 4 is 29.1 Å². The number of aryl methyl sites for hydroxylation is 1. The van der Waals surface area contributed by atoms with Crippen LogP contribution in [0.3, 0.4) is 0 Å². The molecule has 0 heterocycles. The lowest BCUT2D eigenvalue weighted by Crippen LogP contribution is -2.31. The summed E-state index contributed by atoms with van der Waals surface area (Å²) in [6, 6.07) is 12.8. The summed E-state index contributed by atoms with van der Waals surface area (Å²) in [4.78, 5) is 11.9. The fraction of sp³-hybridized carbons (Fsp3) is 0.235. The van der Waals surface area contributed by atoms with E-state index in [1.807, 2.05) is 38.1 Å². The maximum atomic E-state index is 11.9. The highest BCUT2D eigenvalue weighted by molar-refractivity contribution is 6.35. The molecular weight excluding hydrogens is 321 g/mol. The van der Waals surface area contributed by atoms with Gasteiger partial charge in [-0.05, 0) is 37.6 Å². The molecule has 0 spiro atoms. The predicted octanol–water partition coefficient (Wildman–Crippen LogP) is 4.56. The summed E-state index contributed by atoms with van der Waals surface area (Å²) in [5.41, 5.74) is 2.23. The smallest absolute Gasteiger partial charge is 0.258 e. The van der Waals surface area contributed by atoms with Crippen molar-refractivity contribution in [1.29, 1.82) is 0 Å². The van der Waals surface area contributed by atoms with Gasteiger partial charge in [-0.25, -0.2) is 0 Å². The molecule has 0 unspecified atom stereocenters. The molecular formula is C17H17Cl2NO2. The summed E-state index contributed by atoms with van der Waals surface area (Å²) in [6.45, 7) is 3.85. The summed E-state index contributed by atoms with van der Waals surface area (Å²) in [6.07, 6.45) is 0. The molecule has 3 nitrogen and oxygen atoms in total. The summed E-state index contributed by atoms with van der Waals surface area (Å²) >= 11 is 11.8. The van der Waals surface area contributed by atoms with Gasteiger partial charge >= 0.3 is 0 Å².